The maximum atomic E-state index is 4.16. The monoisotopic (exact) mass is 212 g/mol. The van der Waals surface area contributed by atoms with E-state index in [1.807, 2.05) is 6.92 Å². The van der Waals surface area contributed by atoms with Gasteiger partial charge in [0.25, 0.3) is 0 Å². The molecule has 11 heavy (non-hydrogen) atoms. The summed E-state index contributed by atoms with van der Waals surface area (Å²) >= 11 is 3.30. The molecule has 0 atom stereocenters. The fraction of sp³-hybridized carbons (Fsp3) is 0.250. The zero-order valence-corrected chi connectivity index (χ0v) is 7.93. The highest BCUT2D eigenvalue weighted by molar-refractivity contribution is 9.09. The molecule has 1 aromatic heterocycles. The lowest BCUT2D eigenvalue weighted by molar-refractivity contribution is 1.10. The molecule has 0 radical (unpaired) electrons. The lowest BCUT2D eigenvalue weighted by Crippen LogP contribution is -1.91. The second-order valence-electron chi connectivity index (χ2n) is 2.28. The standard InChI is InChI=1S/C8H9BrN2/c1-6(3-9)8-5-10-7(2)4-11-8/h4-5H,1,3H2,2H3. The summed E-state index contributed by atoms with van der Waals surface area (Å²) in [6.45, 7) is 5.73. The first-order valence-corrected chi connectivity index (χ1v) is 4.39. The summed E-state index contributed by atoms with van der Waals surface area (Å²) < 4.78 is 0. The normalized spacial score (nSPS) is 9.64. The summed E-state index contributed by atoms with van der Waals surface area (Å²) in [6.07, 6.45) is 3.47. The van der Waals surface area contributed by atoms with Crippen molar-refractivity contribution < 1.29 is 0 Å². The fourth-order valence-electron chi connectivity index (χ4n) is 0.644. The summed E-state index contributed by atoms with van der Waals surface area (Å²) in [5.74, 6) is 0. The number of halogens is 1. The molecule has 0 saturated heterocycles. The molecule has 0 bridgehead atoms. The van der Waals surface area contributed by atoms with Crippen molar-refractivity contribution in [2.45, 2.75) is 6.92 Å². The average molecular weight is 213 g/mol. The van der Waals surface area contributed by atoms with E-state index in [-0.39, 0.29) is 0 Å². The van der Waals surface area contributed by atoms with Crippen molar-refractivity contribution in [2.75, 3.05) is 5.33 Å². The number of nitrogens with zero attached hydrogens (tertiary/aromatic N) is 2. The number of allylic oxidation sites excluding steroid dienone is 1. The highest BCUT2D eigenvalue weighted by Crippen LogP contribution is 2.09. The van der Waals surface area contributed by atoms with Gasteiger partial charge in [-0.25, -0.2) is 0 Å². The zero-order valence-electron chi connectivity index (χ0n) is 6.34. The summed E-state index contributed by atoms with van der Waals surface area (Å²) in [6, 6.07) is 0. The molecule has 0 aliphatic carbocycles. The van der Waals surface area contributed by atoms with E-state index in [4.69, 9.17) is 0 Å². The summed E-state index contributed by atoms with van der Waals surface area (Å²) in [5.41, 5.74) is 2.74. The van der Waals surface area contributed by atoms with Crippen molar-refractivity contribution in [1.82, 2.24) is 9.97 Å². The van der Waals surface area contributed by atoms with Gasteiger partial charge in [-0.3, -0.25) is 9.97 Å². The third-order valence-corrected chi connectivity index (χ3v) is 1.98. The van der Waals surface area contributed by atoms with E-state index in [2.05, 4.69) is 32.5 Å². The van der Waals surface area contributed by atoms with Crippen LogP contribution in [0.5, 0.6) is 0 Å². The molecule has 0 saturated carbocycles. The number of alkyl halides is 1. The van der Waals surface area contributed by atoms with Gasteiger partial charge in [0.05, 0.1) is 17.6 Å². The molecule has 0 N–H and O–H groups in total. The molecular weight excluding hydrogens is 204 g/mol. The summed E-state index contributed by atoms with van der Waals surface area (Å²) in [5, 5.41) is 0.741. The highest BCUT2D eigenvalue weighted by atomic mass is 79.9. The van der Waals surface area contributed by atoms with Crippen LogP contribution in [0.15, 0.2) is 19.0 Å². The maximum Gasteiger partial charge on any atom is 0.0847 e. The van der Waals surface area contributed by atoms with Gasteiger partial charge in [-0.1, -0.05) is 22.5 Å². The van der Waals surface area contributed by atoms with Crippen LogP contribution in [0.1, 0.15) is 11.4 Å². The molecule has 0 aliphatic rings. The SMILES string of the molecule is C=C(CBr)c1cnc(C)cn1. The van der Waals surface area contributed by atoms with Crippen molar-refractivity contribution in [3.05, 3.63) is 30.4 Å². The number of rotatable bonds is 2. The van der Waals surface area contributed by atoms with Crippen LogP contribution in [0.3, 0.4) is 0 Å². The molecule has 58 valence electrons. The van der Waals surface area contributed by atoms with Gasteiger partial charge in [-0.05, 0) is 12.5 Å². The van der Waals surface area contributed by atoms with Crippen molar-refractivity contribution >= 4 is 21.5 Å². The van der Waals surface area contributed by atoms with Gasteiger partial charge in [0.2, 0.25) is 0 Å². The second-order valence-corrected chi connectivity index (χ2v) is 2.84. The Hall–Kier alpha value is -0.700. The van der Waals surface area contributed by atoms with E-state index >= 15 is 0 Å². The Morgan fingerprint density at radius 3 is 2.73 bits per heavy atom. The molecule has 1 heterocycles. The largest absolute Gasteiger partial charge is 0.258 e. The van der Waals surface area contributed by atoms with Crippen LogP contribution in [-0.4, -0.2) is 15.3 Å². The maximum absolute atomic E-state index is 4.16. The Balaban J connectivity index is 2.90. The molecule has 0 unspecified atom stereocenters. The molecule has 0 aromatic carbocycles. The Bertz CT molecular complexity index is 253. The van der Waals surface area contributed by atoms with Gasteiger partial charge in [-0.2, -0.15) is 0 Å². The van der Waals surface area contributed by atoms with Crippen LogP contribution in [0.4, 0.5) is 0 Å². The van der Waals surface area contributed by atoms with Crippen molar-refractivity contribution in [3.63, 3.8) is 0 Å². The smallest absolute Gasteiger partial charge is 0.0847 e. The zero-order chi connectivity index (χ0) is 8.27. The first-order valence-electron chi connectivity index (χ1n) is 3.27. The first-order chi connectivity index (χ1) is 5.24. The van der Waals surface area contributed by atoms with E-state index in [0.717, 1.165) is 22.3 Å². The Morgan fingerprint density at radius 1 is 1.55 bits per heavy atom. The van der Waals surface area contributed by atoms with Crippen molar-refractivity contribution in [2.24, 2.45) is 0 Å². The third-order valence-electron chi connectivity index (χ3n) is 1.30. The van der Waals surface area contributed by atoms with E-state index in [1.165, 1.54) is 0 Å². The van der Waals surface area contributed by atoms with E-state index in [9.17, 15) is 0 Å². The van der Waals surface area contributed by atoms with Gasteiger partial charge in [0.15, 0.2) is 0 Å². The van der Waals surface area contributed by atoms with E-state index in [0.29, 0.717) is 0 Å². The van der Waals surface area contributed by atoms with Gasteiger partial charge >= 0.3 is 0 Å². The Labute approximate surface area is 74.5 Å². The minimum Gasteiger partial charge on any atom is -0.258 e. The minimum absolute atomic E-state index is 0.741. The lowest BCUT2D eigenvalue weighted by Gasteiger charge is -1.98. The molecular formula is C8H9BrN2. The summed E-state index contributed by atoms with van der Waals surface area (Å²) in [7, 11) is 0. The predicted octanol–water partition coefficient (Wildman–Crippen LogP) is 2.19. The molecule has 3 heteroatoms. The van der Waals surface area contributed by atoms with Crippen LogP contribution < -0.4 is 0 Å². The van der Waals surface area contributed by atoms with Gasteiger partial charge in [-0.15, -0.1) is 0 Å². The number of aryl methyl sites for hydroxylation is 1. The quantitative estimate of drug-likeness (QED) is 0.703. The fourth-order valence-corrected chi connectivity index (χ4v) is 0.931. The first kappa shape index (κ1) is 8.40. The molecule has 1 rings (SSSR count). The van der Waals surface area contributed by atoms with Gasteiger partial charge in [0.1, 0.15) is 0 Å². The van der Waals surface area contributed by atoms with Crippen molar-refractivity contribution in [3.8, 4) is 0 Å². The van der Waals surface area contributed by atoms with Crippen LogP contribution in [0.2, 0.25) is 0 Å². The molecule has 0 aliphatic heterocycles. The van der Waals surface area contributed by atoms with Gasteiger partial charge in [0, 0.05) is 11.5 Å². The van der Waals surface area contributed by atoms with E-state index in [1.54, 1.807) is 12.4 Å². The van der Waals surface area contributed by atoms with Gasteiger partial charge < -0.3 is 0 Å². The molecule has 2 nitrogen and oxygen atoms in total. The minimum atomic E-state index is 0.741. The summed E-state index contributed by atoms with van der Waals surface area (Å²) in [4.78, 5) is 8.26. The van der Waals surface area contributed by atoms with Crippen molar-refractivity contribution in [1.29, 1.82) is 0 Å². The Kier molecular flexibility index (Phi) is 2.76. The van der Waals surface area contributed by atoms with E-state index < -0.39 is 0 Å². The van der Waals surface area contributed by atoms with Crippen LogP contribution in [0.25, 0.3) is 5.57 Å². The lowest BCUT2D eigenvalue weighted by atomic mass is 10.2. The average Bonchev–Trinajstić information content (AvgIpc) is 2.05. The third kappa shape index (κ3) is 2.12. The highest BCUT2D eigenvalue weighted by Gasteiger charge is 1.97. The topological polar surface area (TPSA) is 25.8 Å². The number of hydrogen-bond acceptors (Lipinski definition) is 2. The van der Waals surface area contributed by atoms with Crippen LogP contribution in [-0.2, 0) is 0 Å². The second kappa shape index (κ2) is 3.62. The number of hydrogen-bond donors (Lipinski definition) is 0. The van der Waals surface area contributed by atoms with Crippen LogP contribution >= 0.6 is 15.9 Å². The number of aromatic nitrogens is 2. The predicted molar refractivity (Wildman–Crippen MR) is 49.6 cm³/mol. The molecule has 0 spiro atoms. The van der Waals surface area contributed by atoms with Crippen LogP contribution in [0, 0.1) is 6.92 Å². The molecule has 0 fully saturated rings. The molecule has 1 aromatic rings. The molecule has 0 amide bonds. The Morgan fingerprint density at radius 2 is 2.27 bits per heavy atom.